The maximum atomic E-state index is 13.2. The van der Waals surface area contributed by atoms with Gasteiger partial charge in [0.15, 0.2) is 11.5 Å². The first kappa shape index (κ1) is 23.0. The summed E-state index contributed by atoms with van der Waals surface area (Å²) >= 11 is 0. The molecule has 2 aromatic heterocycles. The SMILES string of the molecule is COc1ccc([C@H](C)NC(=O)CCn2ccn3nc(-c4ccc(F)cc4)cc3c2=O)cc1OC. The second-order valence-electron chi connectivity index (χ2n) is 7.82. The number of halogens is 1. The van der Waals surface area contributed by atoms with E-state index in [9.17, 15) is 14.0 Å². The third kappa shape index (κ3) is 4.78. The van der Waals surface area contributed by atoms with Crippen molar-refractivity contribution >= 4 is 11.4 Å². The van der Waals surface area contributed by atoms with E-state index >= 15 is 0 Å². The zero-order chi connectivity index (χ0) is 24.2. The van der Waals surface area contributed by atoms with Crippen molar-refractivity contribution in [1.82, 2.24) is 19.5 Å². The van der Waals surface area contributed by atoms with Gasteiger partial charge in [0.25, 0.3) is 5.56 Å². The number of ether oxygens (including phenoxy) is 2. The predicted molar refractivity (Wildman–Crippen MR) is 126 cm³/mol. The van der Waals surface area contributed by atoms with Crippen LogP contribution in [-0.2, 0) is 11.3 Å². The number of hydrogen-bond donors (Lipinski definition) is 1. The molecule has 1 atom stereocenters. The van der Waals surface area contributed by atoms with E-state index in [0.717, 1.165) is 5.56 Å². The Kier molecular flexibility index (Phi) is 6.62. The lowest BCUT2D eigenvalue weighted by atomic mass is 10.1. The summed E-state index contributed by atoms with van der Waals surface area (Å²) in [7, 11) is 3.12. The summed E-state index contributed by atoms with van der Waals surface area (Å²) in [5.74, 6) is 0.673. The van der Waals surface area contributed by atoms with Crippen molar-refractivity contribution in [2.24, 2.45) is 0 Å². The van der Waals surface area contributed by atoms with Crippen molar-refractivity contribution < 1.29 is 18.7 Å². The van der Waals surface area contributed by atoms with Crippen LogP contribution in [0.2, 0.25) is 0 Å². The second-order valence-corrected chi connectivity index (χ2v) is 7.82. The molecule has 0 aliphatic rings. The zero-order valence-electron chi connectivity index (χ0n) is 19.1. The Morgan fingerprint density at radius 2 is 1.79 bits per heavy atom. The van der Waals surface area contributed by atoms with E-state index in [-0.39, 0.29) is 36.3 Å². The highest BCUT2D eigenvalue weighted by Crippen LogP contribution is 2.29. The maximum absolute atomic E-state index is 13.2. The number of nitrogens with one attached hydrogen (secondary N) is 1. The number of nitrogens with zero attached hydrogens (tertiary/aromatic N) is 3. The van der Waals surface area contributed by atoms with Crippen LogP contribution in [0, 0.1) is 5.82 Å². The molecule has 9 heteroatoms. The van der Waals surface area contributed by atoms with Crippen molar-refractivity contribution in [2.75, 3.05) is 14.2 Å². The molecule has 0 saturated carbocycles. The van der Waals surface area contributed by atoms with E-state index in [1.165, 1.54) is 21.2 Å². The summed E-state index contributed by atoms with van der Waals surface area (Å²) in [6.07, 6.45) is 3.39. The van der Waals surface area contributed by atoms with Crippen LogP contribution in [0.25, 0.3) is 16.8 Å². The van der Waals surface area contributed by atoms with Gasteiger partial charge >= 0.3 is 0 Å². The number of benzene rings is 2. The molecular weight excluding hydrogens is 439 g/mol. The van der Waals surface area contributed by atoms with Gasteiger partial charge in [0.2, 0.25) is 5.91 Å². The smallest absolute Gasteiger partial charge is 0.276 e. The van der Waals surface area contributed by atoms with E-state index < -0.39 is 0 Å². The van der Waals surface area contributed by atoms with Crippen LogP contribution in [0.5, 0.6) is 11.5 Å². The number of hydrogen-bond acceptors (Lipinski definition) is 5. The van der Waals surface area contributed by atoms with E-state index in [0.29, 0.717) is 28.3 Å². The van der Waals surface area contributed by atoms with E-state index in [2.05, 4.69) is 10.4 Å². The Bertz CT molecular complexity index is 1380. The first-order valence-electron chi connectivity index (χ1n) is 10.8. The number of aromatic nitrogens is 3. The van der Waals surface area contributed by atoms with Gasteiger partial charge in [-0.15, -0.1) is 0 Å². The van der Waals surface area contributed by atoms with Crippen LogP contribution in [0.4, 0.5) is 4.39 Å². The van der Waals surface area contributed by atoms with Crippen molar-refractivity contribution in [3.05, 3.63) is 82.7 Å². The number of carbonyl (C=O) groups excluding carboxylic acids is 1. The van der Waals surface area contributed by atoms with Gasteiger partial charge in [0.1, 0.15) is 11.3 Å². The predicted octanol–water partition coefficient (Wildman–Crippen LogP) is 3.59. The molecule has 0 unspecified atom stereocenters. The average molecular weight is 464 g/mol. The lowest BCUT2D eigenvalue weighted by molar-refractivity contribution is -0.121. The van der Waals surface area contributed by atoms with Crippen molar-refractivity contribution in [3.63, 3.8) is 0 Å². The molecule has 176 valence electrons. The maximum Gasteiger partial charge on any atom is 0.276 e. The van der Waals surface area contributed by atoms with Crippen molar-refractivity contribution in [1.29, 1.82) is 0 Å². The Morgan fingerprint density at radius 3 is 2.50 bits per heavy atom. The topological polar surface area (TPSA) is 86.9 Å². The zero-order valence-corrected chi connectivity index (χ0v) is 19.1. The summed E-state index contributed by atoms with van der Waals surface area (Å²) in [5.41, 5.74) is 2.26. The largest absolute Gasteiger partial charge is 0.493 e. The fraction of sp³-hybridized carbons (Fsp3) is 0.240. The molecule has 0 fully saturated rings. The molecule has 0 radical (unpaired) electrons. The summed E-state index contributed by atoms with van der Waals surface area (Å²) in [6, 6.07) is 12.8. The Labute approximate surface area is 195 Å². The second kappa shape index (κ2) is 9.78. The number of aryl methyl sites for hydroxylation is 1. The molecule has 0 aliphatic carbocycles. The van der Waals surface area contributed by atoms with Crippen LogP contribution in [0.15, 0.2) is 65.7 Å². The normalized spacial score (nSPS) is 11.9. The lowest BCUT2D eigenvalue weighted by Gasteiger charge is -2.17. The third-order valence-corrected chi connectivity index (χ3v) is 5.61. The molecular formula is C25H25FN4O4. The Hall–Kier alpha value is -4.14. The van der Waals surface area contributed by atoms with Gasteiger partial charge < -0.3 is 19.4 Å². The summed E-state index contributed by atoms with van der Waals surface area (Å²) in [6.45, 7) is 2.09. The molecule has 0 spiro atoms. The van der Waals surface area contributed by atoms with Gasteiger partial charge in [-0.3, -0.25) is 9.59 Å². The van der Waals surface area contributed by atoms with Gasteiger partial charge in [0, 0.05) is 30.9 Å². The van der Waals surface area contributed by atoms with E-state index in [1.807, 2.05) is 19.1 Å². The fourth-order valence-electron chi connectivity index (χ4n) is 3.71. The van der Waals surface area contributed by atoms with Gasteiger partial charge in [-0.05, 0) is 55.0 Å². The molecule has 34 heavy (non-hydrogen) atoms. The highest BCUT2D eigenvalue weighted by Gasteiger charge is 2.14. The van der Waals surface area contributed by atoms with Gasteiger partial charge in [-0.2, -0.15) is 5.10 Å². The monoisotopic (exact) mass is 464 g/mol. The Morgan fingerprint density at radius 1 is 1.06 bits per heavy atom. The Balaban J connectivity index is 1.43. The highest BCUT2D eigenvalue weighted by molar-refractivity contribution is 5.76. The van der Waals surface area contributed by atoms with Crippen LogP contribution < -0.4 is 20.3 Å². The molecule has 1 N–H and O–H groups in total. The summed E-state index contributed by atoms with van der Waals surface area (Å²) in [4.78, 5) is 25.4. The summed E-state index contributed by atoms with van der Waals surface area (Å²) in [5, 5.41) is 7.33. The van der Waals surface area contributed by atoms with Crippen LogP contribution in [-0.4, -0.2) is 34.3 Å². The molecule has 4 aromatic rings. The molecule has 1 amide bonds. The number of fused-ring (bicyclic) bond motifs is 1. The van der Waals surface area contributed by atoms with Crippen molar-refractivity contribution in [3.8, 4) is 22.8 Å². The third-order valence-electron chi connectivity index (χ3n) is 5.61. The number of rotatable bonds is 8. The van der Waals surface area contributed by atoms with Gasteiger partial charge in [-0.25, -0.2) is 8.91 Å². The lowest BCUT2D eigenvalue weighted by Crippen LogP contribution is -2.29. The van der Waals surface area contributed by atoms with Crippen LogP contribution in [0.1, 0.15) is 24.9 Å². The minimum atomic E-state index is -0.339. The molecule has 2 aromatic carbocycles. The van der Waals surface area contributed by atoms with E-state index in [1.54, 1.807) is 50.9 Å². The molecule has 0 saturated heterocycles. The number of carbonyl (C=O) groups is 1. The quantitative estimate of drug-likeness (QED) is 0.431. The average Bonchev–Trinajstić information content (AvgIpc) is 3.28. The van der Waals surface area contributed by atoms with Crippen molar-refractivity contribution in [2.45, 2.75) is 25.9 Å². The fourth-order valence-corrected chi connectivity index (χ4v) is 3.71. The van der Waals surface area contributed by atoms with Crippen LogP contribution >= 0.6 is 0 Å². The minimum absolute atomic E-state index is 0.132. The summed E-state index contributed by atoms with van der Waals surface area (Å²) < 4.78 is 26.7. The standard InChI is InChI=1S/C25H25FN4O4/c1-16(18-6-9-22(33-2)23(14-18)34-3)27-24(31)10-11-29-12-13-30-21(25(29)32)15-20(28-30)17-4-7-19(26)8-5-17/h4-9,12-16H,10-11H2,1-3H3,(H,27,31)/t16-/m0/s1. The molecule has 4 rings (SSSR count). The van der Waals surface area contributed by atoms with Crippen LogP contribution in [0.3, 0.4) is 0 Å². The molecule has 8 nitrogen and oxygen atoms in total. The highest BCUT2D eigenvalue weighted by atomic mass is 19.1. The number of methoxy groups -OCH3 is 2. The minimum Gasteiger partial charge on any atom is -0.493 e. The molecule has 0 aliphatic heterocycles. The first-order chi connectivity index (χ1) is 16.4. The van der Waals surface area contributed by atoms with Gasteiger partial charge in [-0.1, -0.05) is 6.07 Å². The van der Waals surface area contributed by atoms with Gasteiger partial charge in [0.05, 0.1) is 26.0 Å². The number of amides is 1. The molecule has 2 heterocycles. The molecule has 0 bridgehead atoms. The van der Waals surface area contributed by atoms with E-state index in [4.69, 9.17) is 9.47 Å². The first-order valence-corrected chi connectivity index (χ1v) is 10.8.